The highest BCUT2D eigenvalue weighted by molar-refractivity contribution is 9.10. The molecule has 0 aromatic carbocycles. The van der Waals surface area contributed by atoms with Gasteiger partial charge in [-0.2, -0.15) is 0 Å². The van der Waals surface area contributed by atoms with Crippen LogP contribution in [-0.4, -0.2) is 16.2 Å². The number of nitrogens with zero attached hydrogens (tertiary/aromatic N) is 1. The van der Waals surface area contributed by atoms with Crippen LogP contribution in [0.3, 0.4) is 0 Å². The minimum absolute atomic E-state index is 0.358. The Hall–Kier alpha value is -0.650. The van der Waals surface area contributed by atoms with E-state index in [2.05, 4.69) is 20.9 Å². The number of nitrogens with two attached hydrogens (primary N) is 2. The molecule has 0 aliphatic carbocycles. The predicted octanol–water partition coefficient (Wildman–Crippen LogP) is 0.807. The van der Waals surface area contributed by atoms with E-state index in [1.165, 1.54) is 0 Å². The van der Waals surface area contributed by atoms with E-state index in [1.807, 2.05) is 0 Å². The lowest BCUT2D eigenvalue weighted by atomic mass is 10.0. The first kappa shape index (κ1) is 10.4. The maximum absolute atomic E-state index is 9.27. The van der Waals surface area contributed by atoms with Crippen LogP contribution >= 0.6 is 15.9 Å². The van der Waals surface area contributed by atoms with Crippen molar-refractivity contribution in [1.82, 2.24) is 4.98 Å². The number of aliphatic hydroxyl groups is 1. The molecule has 1 rings (SSSR count). The van der Waals surface area contributed by atoms with Crippen molar-refractivity contribution in [3.8, 4) is 0 Å². The van der Waals surface area contributed by atoms with Gasteiger partial charge in [-0.1, -0.05) is 0 Å². The van der Waals surface area contributed by atoms with Gasteiger partial charge in [0.2, 0.25) is 0 Å². The number of rotatable bonds is 2. The Morgan fingerprint density at radius 1 is 1.62 bits per heavy atom. The summed E-state index contributed by atoms with van der Waals surface area (Å²) in [6.45, 7) is 1.62. The fraction of sp³-hybridized carbons (Fsp3) is 0.375. The van der Waals surface area contributed by atoms with Crippen molar-refractivity contribution in [2.75, 3.05) is 5.73 Å². The molecule has 0 saturated heterocycles. The van der Waals surface area contributed by atoms with Crippen LogP contribution in [0.4, 0.5) is 5.82 Å². The molecule has 1 aromatic heterocycles. The summed E-state index contributed by atoms with van der Waals surface area (Å²) in [6, 6.07) is 1.27. The van der Waals surface area contributed by atoms with Crippen LogP contribution in [0.25, 0.3) is 0 Å². The van der Waals surface area contributed by atoms with Crippen molar-refractivity contribution in [2.24, 2.45) is 5.73 Å². The molecule has 13 heavy (non-hydrogen) atoms. The molecule has 0 unspecified atom stereocenters. The molecule has 0 saturated carbocycles. The van der Waals surface area contributed by atoms with Gasteiger partial charge in [-0.25, -0.2) is 4.98 Å². The Labute approximate surface area is 85.1 Å². The van der Waals surface area contributed by atoms with Crippen molar-refractivity contribution in [3.63, 3.8) is 0 Å². The Kier molecular flexibility index (Phi) is 3.24. The smallest absolute Gasteiger partial charge is 0.128 e. The van der Waals surface area contributed by atoms with Crippen molar-refractivity contribution in [3.05, 3.63) is 22.3 Å². The average molecular weight is 246 g/mol. The van der Waals surface area contributed by atoms with Crippen LogP contribution in [0.1, 0.15) is 18.5 Å². The maximum atomic E-state index is 9.27. The van der Waals surface area contributed by atoms with E-state index in [-0.39, 0.29) is 0 Å². The molecule has 0 bridgehead atoms. The van der Waals surface area contributed by atoms with Gasteiger partial charge in [-0.3, -0.25) is 0 Å². The molecule has 72 valence electrons. The van der Waals surface area contributed by atoms with Gasteiger partial charge in [0.15, 0.2) is 0 Å². The normalized spacial score (nSPS) is 15.4. The molecule has 1 heterocycles. The summed E-state index contributed by atoms with van der Waals surface area (Å²) in [5.41, 5.74) is 12.0. The molecule has 0 aliphatic heterocycles. The van der Waals surface area contributed by atoms with Gasteiger partial charge in [0.1, 0.15) is 5.82 Å². The summed E-state index contributed by atoms with van der Waals surface area (Å²) >= 11 is 3.26. The Balaban J connectivity index is 3.05. The van der Waals surface area contributed by atoms with Crippen LogP contribution in [0.5, 0.6) is 0 Å². The summed E-state index contributed by atoms with van der Waals surface area (Å²) in [5, 5.41) is 9.27. The standard InChI is InChI=1S/C8H12BrN3O/c1-4(13)7(10)6-2-5(9)3-12-8(6)11/h2-4,7,13H,10H2,1H3,(H2,11,12)/t4-,7-/m0/s1. The number of aliphatic hydroxyl groups excluding tert-OH is 1. The highest BCUT2D eigenvalue weighted by atomic mass is 79.9. The molecule has 0 amide bonds. The Morgan fingerprint density at radius 3 is 2.77 bits per heavy atom. The maximum Gasteiger partial charge on any atom is 0.128 e. The molecule has 0 fully saturated rings. The predicted molar refractivity (Wildman–Crippen MR) is 55.0 cm³/mol. The number of hydrogen-bond acceptors (Lipinski definition) is 4. The highest BCUT2D eigenvalue weighted by Crippen LogP contribution is 2.22. The second-order valence-corrected chi connectivity index (χ2v) is 3.81. The van der Waals surface area contributed by atoms with E-state index < -0.39 is 12.1 Å². The molecule has 5 N–H and O–H groups in total. The first-order valence-electron chi connectivity index (χ1n) is 3.87. The number of aromatic nitrogens is 1. The lowest BCUT2D eigenvalue weighted by Gasteiger charge is -2.16. The molecule has 0 spiro atoms. The van der Waals surface area contributed by atoms with Crippen LogP contribution in [0.2, 0.25) is 0 Å². The van der Waals surface area contributed by atoms with Gasteiger partial charge < -0.3 is 16.6 Å². The van der Waals surface area contributed by atoms with Crippen molar-refractivity contribution in [1.29, 1.82) is 0 Å². The number of halogens is 1. The first-order valence-corrected chi connectivity index (χ1v) is 4.66. The van der Waals surface area contributed by atoms with Crippen LogP contribution in [-0.2, 0) is 0 Å². The molecular weight excluding hydrogens is 234 g/mol. The summed E-state index contributed by atoms with van der Waals surface area (Å²) in [5.74, 6) is 0.358. The third-order valence-electron chi connectivity index (χ3n) is 1.79. The summed E-state index contributed by atoms with van der Waals surface area (Å²) < 4.78 is 0.799. The van der Waals surface area contributed by atoms with Crippen LogP contribution in [0, 0.1) is 0 Å². The summed E-state index contributed by atoms with van der Waals surface area (Å²) in [6.07, 6.45) is 0.950. The second-order valence-electron chi connectivity index (χ2n) is 2.89. The zero-order valence-electron chi connectivity index (χ0n) is 7.24. The number of anilines is 1. The molecule has 0 aliphatic rings. The van der Waals surface area contributed by atoms with E-state index in [4.69, 9.17) is 11.5 Å². The molecule has 1 aromatic rings. The third-order valence-corrected chi connectivity index (χ3v) is 2.23. The molecule has 4 nitrogen and oxygen atoms in total. The lowest BCUT2D eigenvalue weighted by molar-refractivity contribution is 0.164. The van der Waals surface area contributed by atoms with Crippen LogP contribution < -0.4 is 11.5 Å². The fourth-order valence-corrected chi connectivity index (χ4v) is 1.34. The lowest BCUT2D eigenvalue weighted by Crippen LogP contribution is -2.24. The summed E-state index contributed by atoms with van der Waals surface area (Å²) in [7, 11) is 0. The molecule has 0 radical (unpaired) electrons. The monoisotopic (exact) mass is 245 g/mol. The van der Waals surface area contributed by atoms with E-state index in [0.717, 1.165) is 4.47 Å². The van der Waals surface area contributed by atoms with Gasteiger partial charge in [-0.15, -0.1) is 0 Å². The topological polar surface area (TPSA) is 85.2 Å². The van der Waals surface area contributed by atoms with Gasteiger partial charge in [-0.05, 0) is 28.9 Å². The number of nitrogen functional groups attached to an aromatic ring is 1. The quantitative estimate of drug-likeness (QED) is 0.720. The van der Waals surface area contributed by atoms with Crippen molar-refractivity contribution in [2.45, 2.75) is 19.1 Å². The fourth-order valence-electron chi connectivity index (χ4n) is 0.992. The van der Waals surface area contributed by atoms with E-state index in [0.29, 0.717) is 11.4 Å². The minimum Gasteiger partial charge on any atom is -0.391 e. The van der Waals surface area contributed by atoms with Gasteiger partial charge in [0, 0.05) is 16.2 Å². The molecular formula is C8H12BrN3O. The average Bonchev–Trinajstić information content (AvgIpc) is 2.08. The van der Waals surface area contributed by atoms with Gasteiger partial charge >= 0.3 is 0 Å². The van der Waals surface area contributed by atoms with Crippen molar-refractivity contribution >= 4 is 21.7 Å². The SMILES string of the molecule is C[C@H](O)[C@H](N)c1cc(Br)cnc1N. The Bertz CT molecular complexity index is 303. The van der Waals surface area contributed by atoms with E-state index >= 15 is 0 Å². The molecule has 5 heteroatoms. The summed E-state index contributed by atoms with van der Waals surface area (Å²) in [4.78, 5) is 3.92. The largest absolute Gasteiger partial charge is 0.391 e. The number of hydrogen-bond donors (Lipinski definition) is 3. The second kappa shape index (κ2) is 4.04. The first-order chi connectivity index (χ1) is 6.02. The number of pyridine rings is 1. The highest BCUT2D eigenvalue weighted by Gasteiger charge is 2.15. The zero-order valence-corrected chi connectivity index (χ0v) is 8.82. The van der Waals surface area contributed by atoms with E-state index in [9.17, 15) is 5.11 Å². The van der Waals surface area contributed by atoms with Gasteiger partial charge in [0.25, 0.3) is 0 Å². The molecule has 2 atom stereocenters. The van der Waals surface area contributed by atoms with Crippen molar-refractivity contribution < 1.29 is 5.11 Å². The van der Waals surface area contributed by atoms with Gasteiger partial charge in [0.05, 0.1) is 12.1 Å². The Morgan fingerprint density at radius 2 is 2.23 bits per heavy atom. The van der Waals surface area contributed by atoms with E-state index in [1.54, 1.807) is 19.2 Å². The zero-order chi connectivity index (χ0) is 10.0. The van der Waals surface area contributed by atoms with Crippen LogP contribution in [0.15, 0.2) is 16.7 Å². The third kappa shape index (κ3) is 2.40. The minimum atomic E-state index is -0.640.